The molecule has 6 rings (SSSR count). The summed E-state index contributed by atoms with van der Waals surface area (Å²) in [7, 11) is 1.81. The minimum Gasteiger partial charge on any atom is -0.435 e. The second-order valence-corrected chi connectivity index (χ2v) is 8.52. The van der Waals surface area contributed by atoms with E-state index in [4.69, 9.17) is 5.73 Å². The molecule has 3 aromatic heterocycles. The first kappa shape index (κ1) is 19.8. The Labute approximate surface area is 187 Å². The van der Waals surface area contributed by atoms with E-state index in [0.29, 0.717) is 23.6 Å². The minimum atomic E-state index is -2.86. The lowest BCUT2D eigenvalue weighted by molar-refractivity contribution is -0.0499. The Kier molecular flexibility index (Phi) is 4.26. The average Bonchev–Trinajstić information content (AvgIpc) is 3.32. The first-order valence-electron chi connectivity index (χ1n) is 10.7. The van der Waals surface area contributed by atoms with Gasteiger partial charge in [-0.05, 0) is 48.1 Å². The molecule has 1 aromatic carbocycles. The number of anilines is 1. The minimum absolute atomic E-state index is 0.120. The third-order valence-electron chi connectivity index (χ3n) is 6.76. The van der Waals surface area contributed by atoms with E-state index in [9.17, 15) is 13.6 Å². The van der Waals surface area contributed by atoms with Gasteiger partial charge in [-0.1, -0.05) is 6.07 Å². The Morgan fingerprint density at radius 3 is 2.88 bits per heavy atom. The van der Waals surface area contributed by atoms with Crippen molar-refractivity contribution in [3.05, 3.63) is 53.5 Å². The van der Waals surface area contributed by atoms with E-state index >= 15 is 0 Å². The number of amides is 1. The molecule has 4 heterocycles. The highest BCUT2D eigenvalue weighted by Gasteiger charge is 2.41. The van der Waals surface area contributed by atoms with Crippen LogP contribution in [-0.2, 0) is 7.05 Å². The fourth-order valence-corrected chi connectivity index (χ4v) is 5.30. The van der Waals surface area contributed by atoms with E-state index in [1.54, 1.807) is 35.3 Å². The van der Waals surface area contributed by atoms with Crippen molar-refractivity contribution in [1.29, 1.82) is 0 Å². The van der Waals surface area contributed by atoms with Crippen molar-refractivity contribution in [1.82, 2.24) is 24.6 Å². The van der Waals surface area contributed by atoms with Gasteiger partial charge in [0.05, 0.1) is 34.9 Å². The maximum Gasteiger partial charge on any atom is 0.387 e. The van der Waals surface area contributed by atoms with E-state index in [1.807, 2.05) is 11.9 Å². The van der Waals surface area contributed by atoms with E-state index in [2.05, 4.69) is 19.8 Å². The van der Waals surface area contributed by atoms with Gasteiger partial charge in [0, 0.05) is 19.0 Å². The first-order chi connectivity index (χ1) is 15.9. The summed E-state index contributed by atoms with van der Waals surface area (Å²) in [5.74, 6) is 0.568. The van der Waals surface area contributed by atoms with Crippen LogP contribution in [0, 0.1) is 0 Å². The largest absolute Gasteiger partial charge is 0.435 e. The third-order valence-corrected chi connectivity index (χ3v) is 6.76. The van der Waals surface area contributed by atoms with Gasteiger partial charge < -0.3 is 15.4 Å². The molecule has 1 saturated heterocycles. The fraction of sp³-hybridized carbons (Fsp3) is 0.304. The Bertz CT molecular complexity index is 1440. The number of nitrogens with two attached hydrogens (primary N) is 1. The smallest absolute Gasteiger partial charge is 0.387 e. The van der Waals surface area contributed by atoms with Gasteiger partial charge in [-0.3, -0.25) is 9.48 Å². The molecule has 1 aliphatic heterocycles. The maximum absolute atomic E-state index is 13.6. The zero-order valence-electron chi connectivity index (χ0n) is 17.7. The summed E-state index contributed by atoms with van der Waals surface area (Å²) in [4.78, 5) is 24.2. The lowest BCUT2D eigenvalue weighted by Crippen LogP contribution is -2.38. The summed E-state index contributed by atoms with van der Waals surface area (Å²) in [5.41, 5.74) is 9.73. The van der Waals surface area contributed by atoms with Gasteiger partial charge in [-0.15, -0.1) is 0 Å². The van der Waals surface area contributed by atoms with Crippen molar-refractivity contribution in [2.75, 3.05) is 12.3 Å². The van der Waals surface area contributed by atoms with Crippen LogP contribution in [0.3, 0.4) is 0 Å². The molecule has 2 aliphatic rings. The number of benzene rings is 1. The molecule has 168 valence electrons. The molecular weight excluding hydrogens is 430 g/mol. The van der Waals surface area contributed by atoms with Crippen molar-refractivity contribution in [3.8, 4) is 5.75 Å². The number of hydrogen-bond acceptors (Lipinski definition) is 6. The normalized spacial score (nSPS) is 19.5. The second-order valence-electron chi connectivity index (χ2n) is 8.52. The molecule has 0 radical (unpaired) electrons. The zero-order chi connectivity index (χ0) is 22.9. The third kappa shape index (κ3) is 3.00. The number of fused-ring (bicyclic) bond motifs is 8. The van der Waals surface area contributed by atoms with Crippen molar-refractivity contribution in [2.45, 2.75) is 31.4 Å². The molecule has 1 fully saturated rings. The molecule has 4 aromatic rings. The van der Waals surface area contributed by atoms with Crippen molar-refractivity contribution in [2.24, 2.45) is 7.05 Å². The molecule has 1 aliphatic carbocycles. The Hall–Kier alpha value is -3.82. The summed E-state index contributed by atoms with van der Waals surface area (Å²) >= 11 is 0. The summed E-state index contributed by atoms with van der Waals surface area (Å²) in [5, 5.41) is 5.76. The number of carbonyl (C=O) groups excluding carboxylic acids is 1. The van der Waals surface area contributed by atoms with E-state index in [0.717, 1.165) is 40.3 Å². The Balaban J connectivity index is 1.37. The van der Waals surface area contributed by atoms with Gasteiger partial charge in [-0.25, -0.2) is 9.97 Å². The SMILES string of the molecule is Cn1ncc2c(N)nc3cnc(C(=O)N4CC[C@H]5C[C@@H]4c4ccc(OC(F)F)cc45)cc3c21. The number of piperidine rings is 1. The lowest BCUT2D eigenvalue weighted by Gasteiger charge is -2.33. The quantitative estimate of drug-likeness (QED) is 0.510. The number of alkyl halides is 2. The van der Waals surface area contributed by atoms with Crippen LogP contribution in [0.2, 0.25) is 0 Å². The van der Waals surface area contributed by atoms with Crippen LogP contribution in [0.4, 0.5) is 14.6 Å². The molecule has 8 nitrogen and oxygen atoms in total. The Morgan fingerprint density at radius 2 is 2.06 bits per heavy atom. The number of halogens is 2. The van der Waals surface area contributed by atoms with Gasteiger partial charge >= 0.3 is 6.61 Å². The number of nitrogens with zero attached hydrogens (tertiary/aromatic N) is 5. The molecule has 33 heavy (non-hydrogen) atoms. The van der Waals surface area contributed by atoms with Gasteiger partial charge in [0.15, 0.2) is 0 Å². The van der Waals surface area contributed by atoms with Crippen molar-refractivity contribution in [3.63, 3.8) is 0 Å². The molecule has 2 N–H and O–H groups in total. The van der Waals surface area contributed by atoms with E-state index < -0.39 is 6.61 Å². The number of carbonyl (C=O) groups is 1. The number of likely N-dealkylation sites (tertiary alicyclic amines) is 1. The van der Waals surface area contributed by atoms with Gasteiger partial charge in [0.2, 0.25) is 0 Å². The number of nitrogen functional groups attached to an aromatic ring is 1. The standard InChI is InChI=1S/C23H20F2N6O2/c1-30-20-15-8-17(27-10-18(15)29-21(26)16(20)9-28-30)22(32)31-5-4-11-6-19(31)13-3-2-12(7-14(11)13)33-23(24)25/h2-3,7-11,19,23H,4-6H2,1H3,(H2,26,29)/t11-,19+/m0/s1. The highest BCUT2D eigenvalue weighted by molar-refractivity contribution is 6.09. The number of rotatable bonds is 3. The molecule has 0 saturated carbocycles. The number of aromatic nitrogens is 4. The number of aryl methyl sites for hydroxylation is 1. The summed E-state index contributed by atoms with van der Waals surface area (Å²) in [6.07, 6.45) is 4.74. The summed E-state index contributed by atoms with van der Waals surface area (Å²) in [6.45, 7) is -2.30. The average molecular weight is 450 g/mol. The van der Waals surface area contributed by atoms with Crippen LogP contribution in [0.5, 0.6) is 5.75 Å². The van der Waals surface area contributed by atoms with Crippen LogP contribution in [0.15, 0.2) is 36.7 Å². The molecule has 2 bridgehead atoms. The van der Waals surface area contributed by atoms with Crippen molar-refractivity contribution < 1.29 is 18.3 Å². The predicted octanol–water partition coefficient (Wildman–Crippen LogP) is 3.77. The highest BCUT2D eigenvalue weighted by Crippen LogP contribution is 2.50. The van der Waals surface area contributed by atoms with Crippen molar-refractivity contribution >= 4 is 33.5 Å². The fourth-order valence-electron chi connectivity index (χ4n) is 5.30. The van der Waals surface area contributed by atoms with Gasteiger partial charge in [-0.2, -0.15) is 13.9 Å². The summed E-state index contributed by atoms with van der Waals surface area (Å²) < 4.78 is 31.5. The van der Waals surface area contributed by atoms with Crippen LogP contribution < -0.4 is 10.5 Å². The van der Waals surface area contributed by atoms with Gasteiger partial charge in [0.25, 0.3) is 5.91 Å². The van der Waals surface area contributed by atoms with E-state index in [-0.39, 0.29) is 23.6 Å². The van der Waals surface area contributed by atoms with E-state index in [1.165, 1.54) is 6.07 Å². The molecule has 2 atom stereocenters. The summed E-state index contributed by atoms with van der Waals surface area (Å²) in [6, 6.07) is 6.64. The molecular formula is C23H20F2N6O2. The molecule has 0 unspecified atom stereocenters. The topological polar surface area (TPSA) is 99.2 Å². The molecule has 0 spiro atoms. The van der Waals surface area contributed by atoms with Crippen LogP contribution in [-0.4, -0.2) is 43.7 Å². The highest BCUT2D eigenvalue weighted by atomic mass is 19.3. The van der Waals surface area contributed by atoms with Gasteiger partial charge in [0.1, 0.15) is 17.3 Å². The molecule has 10 heteroatoms. The number of pyridine rings is 2. The second kappa shape index (κ2) is 7.09. The first-order valence-corrected chi connectivity index (χ1v) is 10.7. The number of ether oxygens (including phenoxy) is 1. The monoisotopic (exact) mass is 450 g/mol. The lowest BCUT2D eigenvalue weighted by atomic mass is 9.95. The molecule has 1 amide bonds. The Morgan fingerprint density at radius 1 is 1.21 bits per heavy atom. The predicted molar refractivity (Wildman–Crippen MR) is 117 cm³/mol. The zero-order valence-corrected chi connectivity index (χ0v) is 17.7. The van der Waals surface area contributed by atoms with Crippen LogP contribution in [0.1, 0.15) is 46.4 Å². The number of hydrogen-bond donors (Lipinski definition) is 1. The van der Waals surface area contributed by atoms with Crippen LogP contribution >= 0.6 is 0 Å². The van der Waals surface area contributed by atoms with Crippen LogP contribution in [0.25, 0.3) is 21.8 Å². The maximum atomic E-state index is 13.6.